The fourth-order valence-electron chi connectivity index (χ4n) is 6.13. The van der Waals surface area contributed by atoms with Crippen LogP contribution in [-0.4, -0.2) is 47.6 Å². The van der Waals surface area contributed by atoms with Crippen molar-refractivity contribution in [2.45, 2.75) is 63.9 Å². The summed E-state index contributed by atoms with van der Waals surface area (Å²) in [4.78, 5) is 26.9. The van der Waals surface area contributed by atoms with Crippen LogP contribution >= 0.6 is 0 Å². The molecule has 1 aliphatic heterocycles. The van der Waals surface area contributed by atoms with Gasteiger partial charge in [-0.2, -0.15) is 0 Å². The van der Waals surface area contributed by atoms with Crippen LogP contribution in [0, 0.1) is 23.2 Å². The van der Waals surface area contributed by atoms with Gasteiger partial charge in [-0.05, 0) is 69.1 Å². The summed E-state index contributed by atoms with van der Waals surface area (Å²) >= 11 is 0. The fraction of sp³-hybridized carbons (Fsp3) is 0.895. The molecule has 5 heteroatoms. The van der Waals surface area contributed by atoms with Crippen molar-refractivity contribution in [3.63, 3.8) is 0 Å². The Kier molecular flexibility index (Phi) is 4.31. The molecule has 5 fully saturated rings. The Hall–Kier alpha value is -1.10. The zero-order chi connectivity index (χ0) is 16.7. The molecular weight excluding hydrogens is 304 g/mol. The Labute approximate surface area is 144 Å². The third kappa shape index (κ3) is 3.07. The summed E-state index contributed by atoms with van der Waals surface area (Å²) in [6, 6.07) is 0. The van der Waals surface area contributed by atoms with Crippen molar-refractivity contribution in [3.05, 3.63) is 0 Å². The Balaban J connectivity index is 1.26. The van der Waals surface area contributed by atoms with Gasteiger partial charge in [-0.15, -0.1) is 0 Å². The number of carbonyl (C=O) groups is 2. The fourth-order valence-corrected chi connectivity index (χ4v) is 6.13. The van der Waals surface area contributed by atoms with Crippen LogP contribution in [-0.2, 0) is 9.59 Å². The molecule has 5 aliphatic rings. The molecule has 0 atom stereocenters. The molecule has 2 N–H and O–H groups in total. The molecule has 2 amide bonds. The summed E-state index contributed by atoms with van der Waals surface area (Å²) in [5.74, 6) is 2.62. The number of amides is 2. The summed E-state index contributed by atoms with van der Waals surface area (Å²) < 4.78 is 0. The van der Waals surface area contributed by atoms with E-state index >= 15 is 0 Å². The third-order valence-corrected chi connectivity index (χ3v) is 6.96. The second kappa shape index (κ2) is 6.32. The molecule has 0 spiro atoms. The lowest BCUT2D eigenvalue weighted by molar-refractivity contribution is -0.146. The molecule has 4 bridgehead atoms. The van der Waals surface area contributed by atoms with Gasteiger partial charge < -0.3 is 15.3 Å². The van der Waals surface area contributed by atoms with E-state index in [9.17, 15) is 14.7 Å². The van der Waals surface area contributed by atoms with Crippen LogP contribution in [0.2, 0.25) is 0 Å². The van der Waals surface area contributed by atoms with Crippen molar-refractivity contribution < 1.29 is 14.7 Å². The molecule has 5 nitrogen and oxygen atoms in total. The highest BCUT2D eigenvalue weighted by Crippen LogP contribution is 2.60. The molecule has 4 saturated carbocycles. The van der Waals surface area contributed by atoms with E-state index in [0.29, 0.717) is 38.9 Å². The van der Waals surface area contributed by atoms with Crippen LogP contribution in [0.5, 0.6) is 0 Å². The first-order valence-electron chi connectivity index (χ1n) is 9.78. The highest BCUT2D eigenvalue weighted by Gasteiger charge is 2.54. The Morgan fingerprint density at radius 1 is 1.00 bits per heavy atom. The number of nitrogens with one attached hydrogen (secondary N) is 1. The second-order valence-corrected chi connectivity index (χ2v) is 8.82. The molecule has 0 aromatic heterocycles. The lowest BCUT2D eigenvalue weighted by Gasteiger charge is -2.55. The highest BCUT2D eigenvalue weighted by atomic mass is 16.3. The molecule has 0 aromatic carbocycles. The van der Waals surface area contributed by atoms with E-state index < -0.39 is 0 Å². The predicted molar refractivity (Wildman–Crippen MR) is 90.1 cm³/mol. The molecular formula is C19H30N2O3. The maximum Gasteiger partial charge on any atom is 0.226 e. The predicted octanol–water partition coefficient (Wildman–Crippen LogP) is 1.69. The van der Waals surface area contributed by atoms with Gasteiger partial charge in [-0.3, -0.25) is 9.59 Å². The van der Waals surface area contributed by atoms with Crippen molar-refractivity contribution in [2.24, 2.45) is 23.2 Å². The number of hydrogen-bond donors (Lipinski definition) is 2. The lowest BCUT2D eigenvalue weighted by Crippen LogP contribution is -2.54. The molecule has 4 aliphatic carbocycles. The number of rotatable bonds is 4. The minimum absolute atomic E-state index is 0.104. The van der Waals surface area contributed by atoms with Crippen molar-refractivity contribution in [1.82, 2.24) is 10.2 Å². The Morgan fingerprint density at radius 2 is 1.54 bits per heavy atom. The van der Waals surface area contributed by atoms with Gasteiger partial charge in [0.2, 0.25) is 11.8 Å². The van der Waals surface area contributed by atoms with Gasteiger partial charge >= 0.3 is 0 Å². The van der Waals surface area contributed by atoms with Gasteiger partial charge in [0, 0.05) is 31.5 Å². The number of likely N-dealkylation sites (tertiary alicyclic amines) is 1. The number of aliphatic hydroxyl groups is 1. The SMILES string of the molecule is O=C(CCNC(=O)C12CC3CC(CC(C3)C1)C2)N1CCC(O)CC1. The van der Waals surface area contributed by atoms with E-state index in [-0.39, 0.29) is 23.3 Å². The van der Waals surface area contributed by atoms with E-state index in [4.69, 9.17) is 0 Å². The number of aliphatic hydroxyl groups excluding tert-OH is 1. The van der Waals surface area contributed by atoms with Crippen molar-refractivity contribution in [3.8, 4) is 0 Å². The van der Waals surface area contributed by atoms with Crippen LogP contribution in [0.15, 0.2) is 0 Å². The minimum Gasteiger partial charge on any atom is -0.393 e. The zero-order valence-corrected chi connectivity index (χ0v) is 14.5. The maximum atomic E-state index is 12.8. The van der Waals surface area contributed by atoms with Crippen LogP contribution in [0.4, 0.5) is 0 Å². The third-order valence-electron chi connectivity index (χ3n) is 6.96. The van der Waals surface area contributed by atoms with E-state index in [1.807, 2.05) is 4.90 Å². The van der Waals surface area contributed by atoms with Gasteiger partial charge in [0.1, 0.15) is 0 Å². The summed E-state index contributed by atoms with van der Waals surface area (Å²) in [7, 11) is 0. The largest absolute Gasteiger partial charge is 0.393 e. The van der Waals surface area contributed by atoms with Crippen LogP contribution < -0.4 is 5.32 Å². The van der Waals surface area contributed by atoms with E-state index in [1.54, 1.807) is 0 Å². The van der Waals surface area contributed by atoms with E-state index in [0.717, 1.165) is 37.0 Å². The summed E-state index contributed by atoms with van der Waals surface area (Å²) in [6.07, 6.45) is 8.70. The van der Waals surface area contributed by atoms with E-state index in [1.165, 1.54) is 19.3 Å². The maximum absolute atomic E-state index is 12.8. The number of carbonyl (C=O) groups excluding carboxylic acids is 2. The first-order valence-corrected chi connectivity index (χ1v) is 9.78. The second-order valence-electron chi connectivity index (χ2n) is 8.82. The summed E-state index contributed by atoms with van der Waals surface area (Å²) in [5, 5.41) is 12.6. The molecule has 1 saturated heterocycles. The molecule has 134 valence electrons. The standard InChI is InChI=1S/C19H30N2O3/c22-16-2-5-21(6-3-16)17(23)1-4-20-18(24)19-10-13-7-14(11-19)9-15(8-13)12-19/h13-16,22H,1-12H2,(H,20,24). The molecule has 5 rings (SSSR count). The normalized spacial score (nSPS) is 38.4. The first-order chi connectivity index (χ1) is 11.5. The smallest absolute Gasteiger partial charge is 0.226 e. The monoisotopic (exact) mass is 334 g/mol. The summed E-state index contributed by atoms with van der Waals surface area (Å²) in [5.41, 5.74) is -0.118. The average Bonchev–Trinajstić information content (AvgIpc) is 2.54. The number of nitrogens with zero attached hydrogens (tertiary/aromatic N) is 1. The highest BCUT2D eigenvalue weighted by molar-refractivity contribution is 5.84. The Bertz CT molecular complexity index is 475. The molecule has 24 heavy (non-hydrogen) atoms. The summed E-state index contributed by atoms with van der Waals surface area (Å²) in [6.45, 7) is 1.74. The van der Waals surface area contributed by atoms with Crippen LogP contribution in [0.25, 0.3) is 0 Å². The van der Waals surface area contributed by atoms with Crippen LogP contribution in [0.1, 0.15) is 57.8 Å². The lowest BCUT2D eigenvalue weighted by atomic mass is 9.49. The average molecular weight is 334 g/mol. The quantitative estimate of drug-likeness (QED) is 0.822. The van der Waals surface area contributed by atoms with Crippen LogP contribution in [0.3, 0.4) is 0 Å². The van der Waals surface area contributed by atoms with Gasteiger partial charge in [0.15, 0.2) is 0 Å². The Morgan fingerprint density at radius 3 is 2.08 bits per heavy atom. The first kappa shape index (κ1) is 16.4. The van der Waals surface area contributed by atoms with Crippen molar-refractivity contribution in [2.75, 3.05) is 19.6 Å². The topological polar surface area (TPSA) is 69.6 Å². The molecule has 1 heterocycles. The molecule has 0 aromatic rings. The van der Waals surface area contributed by atoms with Gasteiger partial charge in [0.25, 0.3) is 0 Å². The van der Waals surface area contributed by atoms with Gasteiger partial charge in [0.05, 0.1) is 6.10 Å². The number of piperidine rings is 1. The van der Waals surface area contributed by atoms with Gasteiger partial charge in [-0.1, -0.05) is 0 Å². The zero-order valence-electron chi connectivity index (χ0n) is 14.5. The minimum atomic E-state index is -0.259. The van der Waals surface area contributed by atoms with Crippen molar-refractivity contribution >= 4 is 11.8 Å². The van der Waals surface area contributed by atoms with Gasteiger partial charge in [-0.25, -0.2) is 0 Å². The number of hydrogen-bond acceptors (Lipinski definition) is 3. The van der Waals surface area contributed by atoms with Crippen molar-refractivity contribution in [1.29, 1.82) is 0 Å². The molecule has 0 unspecified atom stereocenters. The van der Waals surface area contributed by atoms with E-state index in [2.05, 4.69) is 5.32 Å². The molecule has 0 radical (unpaired) electrons.